The van der Waals surface area contributed by atoms with Crippen molar-refractivity contribution in [3.05, 3.63) is 58.7 Å². The SMILES string of the molecule is CN(C)C(=O)c1cc2cc(NC(=O)c3cncc(CC4CCNC4)c3)ccc2s1. The van der Waals surface area contributed by atoms with E-state index in [1.54, 1.807) is 25.2 Å². The molecule has 4 rings (SSSR count). The molecule has 150 valence electrons. The van der Waals surface area contributed by atoms with Crippen molar-refractivity contribution in [3.63, 3.8) is 0 Å². The zero-order valence-electron chi connectivity index (χ0n) is 16.6. The van der Waals surface area contributed by atoms with E-state index in [4.69, 9.17) is 0 Å². The Bertz CT molecular complexity index is 1050. The summed E-state index contributed by atoms with van der Waals surface area (Å²) in [4.78, 5) is 31.4. The van der Waals surface area contributed by atoms with Crippen LogP contribution in [0.2, 0.25) is 0 Å². The zero-order valence-corrected chi connectivity index (χ0v) is 17.4. The van der Waals surface area contributed by atoms with Gasteiger partial charge < -0.3 is 15.5 Å². The lowest BCUT2D eigenvalue weighted by atomic mass is 9.99. The third-order valence-corrected chi connectivity index (χ3v) is 6.24. The van der Waals surface area contributed by atoms with Crippen LogP contribution in [0.4, 0.5) is 5.69 Å². The maximum atomic E-state index is 12.7. The Balaban J connectivity index is 1.49. The van der Waals surface area contributed by atoms with E-state index in [-0.39, 0.29) is 11.8 Å². The van der Waals surface area contributed by atoms with E-state index in [0.29, 0.717) is 22.0 Å². The molecule has 1 fully saturated rings. The number of carbonyl (C=O) groups is 2. The van der Waals surface area contributed by atoms with Crippen LogP contribution in [0.5, 0.6) is 0 Å². The minimum atomic E-state index is -0.178. The van der Waals surface area contributed by atoms with E-state index in [9.17, 15) is 9.59 Å². The van der Waals surface area contributed by atoms with Crippen LogP contribution in [0, 0.1) is 5.92 Å². The smallest absolute Gasteiger partial charge is 0.263 e. The van der Waals surface area contributed by atoms with Crippen LogP contribution in [0.25, 0.3) is 10.1 Å². The molecule has 6 nitrogen and oxygen atoms in total. The van der Waals surface area contributed by atoms with Gasteiger partial charge in [-0.3, -0.25) is 14.6 Å². The number of thiophene rings is 1. The van der Waals surface area contributed by atoms with E-state index in [2.05, 4.69) is 15.6 Å². The first kappa shape index (κ1) is 19.5. The predicted molar refractivity (Wildman–Crippen MR) is 117 cm³/mol. The van der Waals surface area contributed by atoms with Crippen molar-refractivity contribution in [2.24, 2.45) is 5.92 Å². The van der Waals surface area contributed by atoms with Gasteiger partial charge in [0.25, 0.3) is 11.8 Å². The lowest BCUT2D eigenvalue weighted by Crippen LogP contribution is -2.20. The number of nitrogens with zero attached hydrogens (tertiary/aromatic N) is 2. The second kappa shape index (κ2) is 8.31. The number of fused-ring (bicyclic) bond motifs is 1. The van der Waals surface area contributed by atoms with Crippen molar-refractivity contribution in [1.82, 2.24) is 15.2 Å². The van der Waals surface area contributed by atoms with Crippen LogP contribution in [-0.4, -0.2) is 48.9 Å². The van der Waals surface area contributed by atoms with Crippen LogP contribution in [-0.2, 0) is 6.42 Å². The van der Waals surface area contributed by atoms with Gasteiger partial charge >= 0.3 is 0 Å². The Morgan fingerprint density at radius 1 is 1.24 bits per heavy atom. The van der Waals surface area contributed by atoms with E-state index in [1.807, 2.05) is 36.5 Å². The number of nitrogens with one attached hydrogen (secondary N) is 2. The highest BCUT2D eigenvalue weighted by Crippen LogP contribution is 2.29. The fourth-order valence-corrected chi connectivity index (χ4v) is 4.66. The monoisotopic (exact) mass is 408 g/mol. The summed E-state index contributed by atoms with van der Waals surface area (Å²) in [5.74, 6) is 0.412. The van der Waals surface area contributed by atoms with E-state index in [0.717, 1.165) is 41.6 Å². The Labute approximate surface area is 173 Å². The molecule has 7 heteroatoms. The van der Waals surface area contributed by atoms with Gasteiger partial charge in [-0.1, -0.05) is 0 Å². The summed E-state index contributed by atoms with van der Waals surface area (Å²) in [5.41, 5.74) is 2.35. The first-order chi connectivity index (χ1) is 14.0. The van der Waals surface area contributed by atoms with E-state index >= 15 is 0 Å². The zero-order chi connectivity index (χ0) is 20.4. The highest BCUT2D eigenvalue weighted by atomic mass is 32.1. The average Bonchev–Trinajstić information content (AvgIpc) is 3.36. The molecular formula is C22H24N4O2S. The Morgan fingerprint density at radius 3 is 2.86 bits per heavy atom. The van der Waals surface area contributed by atoms with Crippen molar-refractivity contribution < 1.29 is 9.59 Å². The first-order valence-corrected chi connectivity index (χ1v) is 10.5. The second-order valence-electron chi connectivity index (χ2n) is 7.66. The van der Waals surface area contributed by atoms with Gasteiger partial charge in [0.05, 0.1) is 10.4 Å². The topological polar surface area (TPSA) is 74.3 Å². The number of pyridine rings is 1. The van der Waals surface area contributed by atoms with Gasteiger partial charge in [-0.05, 0) is 73.1 Å². The normalized spacial score (nSPS) is 16.1. The summed E-state index contributed by atoms with van der Waals surface area (Å²) in [6, 6.07) is 9.50. The van der Waals surface area contributed by atoms with Gasteiger partial charge in [0.15, 0.2) is 0 Å². The Morgan fingerprint density at radius 2 is 2.10 bits per heavy atom. The molecule has 1 aromatic carbocycles. The highest BCUT2D eigenvalue weighted by molar-refractivity contribution is 7.20. The molecule has 2 N–H and O–H groups in total. The number of anilines is 1. The summed E-state index contributed by atoms with van der Waals surface area (Å²) >= 11 is 1.46. The molecule has 2 aromatic heterocycles. The molecule has 1 atom stereocenters. The molecule has 1 unspecified atom stereocenters. The average molecular weight is 409 g/mol. The number of carbonyl (C=O) groups excluding carboxylic acids is 2. The standard InChI is InChI=1S/C22H24N4O2S/c1-26(2)22(28)20-10-16-9-18(3-4-19(16)29-20)25-21(27)17-8-15(12-24-13-17)7-14-5-6-23-11-14/h3-4,8-10,12-14,23H,5-7,11H2,1-2H3,(H,25,27). The molecule has 1 saturated heterocycles. The van der Waals surface area contributed by atoms with Crippen LogP contribution in [0.3, 0.4) is 0 Å². The van der Waals surface area contributed by atoms with Crippen LogP contribution < -0.4 is 10.6 Å². The molecule has 0 saturated carbocycles. The summed E-state index contributed by atoms with van der Waals surface area (Å²) in [6.45, 7) is 2.08. The van der Waals surface area contributed by atoms with E-state index in [1.165, 1.54) is 11.3 Å². The molecule has 1 aliphatic rings. The fraction of sp³-hybridized carbons (Fsp3) is 0.318. The number of rotatable bonds is 5. The van der Waals surface area contributed by atoms with Crippen molar-refractivity contribution in [3.8, 4) is 0 Å². The molecule has 0 bridgehead atoms. The number of amides is 2. The molecule has 3 heterocycles. The van der Waals surface area contributed by atoms with Gasteiger partial charge in [0.2, 0.25) is 0 Å². The second-order valence-corrected chi connectivity index (χ2v) is 8.75. The largest absolute Gasteiger partial charge is 0.344 e. The molecule has 29 heavy (non-hydrogen) atoms. The molecule has 0 radical (unpaired) electrons. The number of aromatic nitrogens is 1. The summed E-state index contributed by atoms with van der Waals surface area (Å²) in [6.07, 6.45) is 5.54. The molecule has 1 aliphatic heterocycles. The Hall–Kier alpha value is -2.77. The summed E-state index contributed by atoms with van der Waals surface area (Å²) < 4.78 is 1.02. The highest BCUT2D eigenvalue weighted by Gasteiger charge is 2.17. The third-order valence-electron chi connectivity index (χ3n) is 5.13. The van der Waals surface area contributed by atoms with Crippen molar-refractivity contribution in [2.45, 2.75) is 12.8 Å². The maximum Gasteiger partial charge on any atom is 0.263 e. The van der Waals surface area contributed by atoms with Crippen molar-refractivity contribution >= 4 is 38.9 Å². The summed E-state index contributed by atoms with van der Waals surface area (Å²) in [7, 11) is 3.48. The van der Waals surface area contributed by atoms with Gasteiger partial charge in [-0.2, -0.15) is 0 Å². The minimum absolute atomic E-state index is 0.0165. The van der Waals surface area contributed by atoms with Crippen LogP contribution in [0.1, 0.15) is 32.0 Å². The van der Waals surface area contributed by atoms with Gasteiger partial charge in [0.1, 0.15) is 0 Å². The first-order valence-electron chi connectivity index (χ1n) is 9.71. The lowest BCUT2D eigenvalue weighted by molar-refractivity contribution is 0.0832. The number of benzene rings is 1. The van der Waals surface area contributed by atoms with Crippen molar-refractivity contribution in [2.75, 3.05) is 32.5 Å². The molecular weight excluding hydrogens is 384 g/mol. The molecule has 0 aliphatic carbocycles. The van der Waals surface area contributed by atoms with Gasteiger partial charge in [0, 0.05) is 36.9 Å². The number of hydrogen-bond acceptors (Lipinski definition) is 5. The maximum absolute atomic E-state index is 12.7. The molecule has 0 spiro atoms. The predicted octanol–water partition coefficient (Wildman–Crippen LogP) is 3.40. The van der Waals surface area contributed by atoms with Crippen LogP contribution in [0.15, 0.2) is 42.7 Å². The lowest BCUT2D eigenvalue weighted by Gasteiger charge is -2.10. The Kier molecular flexibility index (Phi) is 5.60. The molecule has 3 aromatic rings. The molecule has 2 amide bonds. The quantitative estimate of drug-likeness (QED) is 0.679. The third kappa shape index (κ3) is 4.46. The van der Waals surface area contributed by atoms with Crippen molar-refractivity contribution in [1.29, 1.82) is 0 Å². The van der Waals surface area contributed by atoms with Crippen LogP contribution >= 0.6 is 11.3 Å². The van der Waals surface area contributed by atoms with E-state index < -0.39 is 0 Å². The minimum Gasteiger partial charge on any atom is -0.344 e. The number of hydrogen-bond donors (Lipinski definition) is 2. The van der Waals surface area contributed by atoms with Gasteiger partial charge in [-0.25, -0.2) is 0 Å². The van der Waals surface area contributed by atoms with Gasteiger partial charge in [-0.15, -0.1) is 11.3 Å². The fourth-order valence-electron chi connectivity index (χ4n) is 3.60. The summed E-state index contributed by atoms with van der Waals surface area (Å²) in [5, 5.41) is 7.26.